The fourth-order valence-corrected chi connectivity index (χ4v) is 3.46. The predicted molar refractivity (Wildman–Crippen MR) is 73.1 cm³/mol. The maximum Gasteiger partial charge on any atom is 0.136 e. The van der Waals surface area contributed by atoms with Crippen LogP contribution in [0.5, 0.6) is 0 Å². The zero-order valence-electron chi connectivity index (χ0n) is 8.42. The first-order valence-corrected chi connectivity index (χ1v) is 6.54. The molecule has 1 aliphatic heterocycles. The number of hydrogen-bond acceptors (Lipinski definition) is 4. The van der Waals surface area contributed by atoms with Crippen molar-refractivity contribution in [3.05, 3.63) is 44.3 Å². The highest BCUT2D eigenvalue weighted by atomic mass is 35.5. The third kappa shape index (κ3) is 1.88. The van der Waals surface area contributed by atoms with Gasteiger partial charge in [-0.3, -0.25) is 4.99 Å². The fourth-order valence-electron chi connectivity index (χ4n) is 1.85. The van der Waals surface area contributed by atoms with Gasteiger partial charge in [0.05, 0.1) is 10.9 Å². The molecule has 0 aromatic carbocycles. The van der Waals surface area contributed by atoms with E-state index in [0.717, 1.165) is 11.3 Å². The molecule has 0 aliphatic carbocycles. The molecule has 0 bridgehead atoms. The Morgan fingerprint density at radius 3 is 2.88 bits per heavy atom. The largest absolute Gasteiger partial charge is 0.383 e. The van der Waals surface area contributed by atoms with Gasteiger partial charge in [0.1, 0.15) is 5.84 Å². The minimum absolute atomic E-state index is 0. The fraction of sp³-hybridized carbons (Fsp3) is 0.182. The van der Waals surface area contributed by atoms with E-state index >= 15 is 0 Å². The van der Waals surface area contributed by atoms with Crippen LogP contribution in [0.25, 0.3) is 0 Å². The van der Waals surface area contributed by atoms with Crippen molar-refractivity contribution >= 4 is 40.9 Å². The highest BCUT2D eigenvalue weighted by molar-refractivity contribution is 7.12. The van der Waals surface area contributed by atoms with E-state index in [0.29, 0.717) is 5.84 Å². The van der Waals surface area contributed by atoms with E-state index in [4.69, 9.17) is 5.73 Å². The minimum atomic E-state index is 0. The van der Waals surface area contributed by atoms with Gasteiger partial charge in [-0.1, -0.05) is 6.07 Å². The van der Waals surface area contributed by atoms with Gasteiger partial charge in [-0.25, -0.2) is 0 Å². The quantitative estimate of drug-likeness (QED) is 0.849. The number of halogens is 1. The second-order valence-corrected chi connectivity index (χ2v) is 5.42. The third-order valence-corrected chi connectivity index (χ3v) is 4.51. The van der Waals surface area contributed by atoms with Gasteiger partial charge in [0, 0.05) is 11.3 Å². The summed E-state index contributed by atoms with van der Waals surface area (Å²) in [5, 5.41) is 4.17. The lowest BCUT2D eigenvalue weighted by Crippen LogP contribution is -2.20. The van der Waals surface area contributed by atoms with Crippen molar-refractivity contribution in [1.82, 2.24) is 0 Å². The maximum atomic E-state index is 5.95. The standard InChI is InChI=1S/C11H10N2S2.ClH/c12-11-10-7(3-5-15-10)6-8(13-11)9-2-1-4-14-9;/h1-5,8H,6H2,(H2,12,13);1H. The van der Waals surface area contributed by atoms with E-state index in [9.17, 15) is 0 Å². The molecular weight excluding hydrogens is 260 g/mol. The van der Waals surface area contributed by atoms with E-state index in [-0.39, 0.29) is 18.4 Å². The first kappa shape index (κ1) is 11.6. The summed E-state index contributed by atoms with van der Waals surface area (Å²) in [7, 11) is 0. The average molecular weight is 271 g/mol. The van der Waals surface area contributed by atoms with Gasteiger partial charge in [0.15, 0.2) is 0 Å². The summed E-state index contributed by atoms with van der Waals surface area (Å²) in [5.74, 6) is 0.699. The molecule has 1 atom stereocenters. The molecule has 2 aromatic heterocycles. The van der Waals surface area contributed by atoms with Gasteiger partial charge in [0.2, 0.25) is 0 Å². The van der Waals surface area contributed by atoms with Crippen molar-refractivity contribution in [3.8, 4) is 0 Å². The molecule has 0 fully saturated rings. The molecule has 2 N–H and O–H groups in total. The van der Waals surface area contributed by atoms with E-state index in [2.05, 4.69) is 34.0 Å². The number of nitrogens with zero attached hydrogens (tertiary/aromatic N) is 1. The van der Waals surface area contributed by atoms with Gasteiger partial charge in [-0.15, -0.1) is 35.1 Å². The molecule has 0 amide bonds. The molecule has 2 nitrogen and oxygen atoms in total. The monoisotopic (exact) mass is 270 g/mol. The van der Waals surface area contributed by atoms with Crippen LogP contribution in [0.1, 0.15) is 21.4 Å². The zero-order chi connectivity index (χ0) is 10.3. The molecule has 16 heavy (non-hydrogen) atoms. The molecule has 84 valence electrons. The number of rotatable bonds is 1. The second kappa shape index (κ2) is 4.57. The van der Waals surface area contributed by atoms with Gasteiger partial charge in [0.25, 0.3) is 0 Å². The number of hydrogen-bond donors (Lipinski definition) is 1. The lowest BCUT2D eigenvalue weighted by Gasteiger charge is -2.17. The highest BCUT2D eigenvalue weighted by Crippen LogP contribution is 2.33. The zero-order valence-corrected chi connectivity index (χ0v) is 10.9. The average Bonchev–Trinajstić information content (AvgIpc) is 2.88. The molecule has 3 rings (SSSR count). The van der Waals surface area contributed by atoms with Crippen LogP contribution < -0.4 is 5.73 Å². The van der Waals surface area contributed by atoms with Crippen molar-refractivity contribution in [2.75, 3.05) is 0 Å². The Morgan fingerprint density at radius 1 is 1.25 bits per heavy atom. The number of nitrogens with two attached hydrogens (primary N) is 1. The molecule has 3 heterocycles. The number of thiophene rings is 2. The Labute approximate surface area is 108 Å². The lowest BCUT2D eigenvalue weighted by molar-refractivity contribution is 0.727. The van der Waals surface area contributed by atoms with E-state index in [1.807, 2.05) is 0 Å². The Kier molecular flexibility index (Phi) is 3.33. The highest BCUT2D eigenvalue weighted by Gasteiger charge is 2.22. The predicted octanol–water partition coefficient (Wildman–Crippen LogP) is 3.23. The Morgan fingerprint density at radius 2 is 2.12 bits per heavy atom. The molecule has 0 saturated heterocycles. The SMILES string of the molecule is Cl.NC1=NC(c2cccs2)Cc2ccsc21. The van der Waals surface area contributed by atoms with Crippen LogP contribution in [0.15, 0.2) is 34.0 Å². The van der Waals surface area contributed by atoms with Gasteiger partial charge in [-0.05, 0) is 28.5 Å². The van der Waals surface area contributed by atoms with Crippen LogP contribution in [0.2, 0.25) is 0 Å². The van der Waals surface area contributed by atoms with Crippen molar-refractivity contribution in [3.63, 3.8) is 0 Å². The third-order valence-electron chi connectivity index (χ3n) is 2.56. The first-order chi connectivity index (χ1) is 7.34. The summed E-state index contributed by atoms with van der Waals surface area (Å²) >= 11 is 3.43. The summed E-state index contributed by atoms with van der Waals surface area (Å²) < 4.78 is 0. The van der Waals surface area contributed by atoms with Crippen LogP contribution in [-0.2, 0) is 6.42 Å². The molecule has 1 aliphatic rings. The van der Waals surface area contributed by atoms with E-state index in [1.54, 1.807) is 22.7 Å². The molecule has 1 unspecified atom stereocenters. The summed E-state index contributed by atoms with van der Waals surface area (Å²) in [6.07, 6.45) is 0.986. The number of amidine groups is 1. The van der Waals surface area contributed by atoms with Crippen LogP contribution >= 0.6 is 35.1 Å². The van der Waals surface area contributed by atoms with Gasteiger partial charge in [-0.2, -0.15) is 0 Å². The summed E-state index contributed by atoms with van der Waals surface area (Å²) in [5.41, 5.74) is 7.29. The maximum absolute atomic E-state index is 5.95. The van der Waals surface area contributed by atoms with Crippen molar-refractivity contribution in [2.24, 2.45) is 10.7 Å². The minimum Gasteiger partial charge on any atom is -0.383 e. The Bertz CT molecular complexity index is 502. The van der Waals surface area contributed by atoms with Crippen molar-refractivity contribution in [2.45, 2.75) is 12.5 Å². The number of aliphatic imine (C=N–C) groups is 1. The molecule has 5 heteroatoms. The Hall–Kier alpha value is -0.840. The van der Waals surface area contributed by atoms with E-state index < -0.39 is 0 Å². The molecule has 0 spiro atoms. The molecular formula is C11H11ClN2S2. The lowest BCUT2D eigenvalue weighted by atomic mass is 10.0. The first-order valence-electron chi connectivity index (χ1n) is 4.78. The number of fused-ring (bicyclic) bond motifs is 1. The van der Waals surface area contributed by atoms with Crippen LogP contribution in [0.3, 0.4) is 0 Å². The van der Waals surface area contributed by atoms with Crippen LogP contribution in [0.4, 0.5) is 0 Å². The van der Waals surface area contributed by atoms with Crippen molar-refractivity contribution in [1.29, 1.82) is 0 Å². The second-order valence-electron chi connectivity index (χ2n) is 3.52. The normalized spacial score (nSPS) is 18.5. The van der Waals surface area contributed by atoms with Gasteiger partial charge < -0.3 is 5.73 Å². The van der Waals surface area contributed by atoms with Crippen LogP contribution in [-0.4, -0.2) is 5.84 Å². The topological polar surface area (TPSA) is 38.4 Å². The summed E-state index contributed by atoms with van der Waals surface area (Å²) in [4.78, 5) is 7.01. The Balaban J connectivity index is 0.000000963. The van der Waals surface area contributed by atoms with Crippen molar-refractivity contribution < 1.29 is 0 Å². The molecule has 0 radical (unpaired) electrons. The van der Waals surface area contributed by atoms with E-state index in [1.165, 1.54) is 10.4 Å². The molecule has 2 aromatic rings. The summed E-state index contributed by atoms with van der Waals surface area (Å²) in [6, 6.07) is 6.58. The van der Waals surface area contributed by atoms with Crippen LogP contribution in [0, 0.1) is 0 Å². The molecule has 0 saturated carbocycles. The smallest absolute Gasteiger partial charge is 0.136 e. The summed E-state index contributed by atoms with van der Waals surface area (Å²) in [6.45, 7) is 0. The van der Waals surface area contributed by atoms with Gasteiger partial charge >= 0.3 is 0 Å².